The first-order valence-electron chi connectivity index (χ1n) is 6.03. The first-order chi connectivity index (χ1) is 9.00. The minimum Gasteiger partial charge on any atom is -0.397 e. The molecule has 0 fully saturated rings. The molecule has 0 aliphatic carbocycles. The highest BCUT2D eigenvalue weighted by Gasteiger charge is 2.17. The number of nitrogen functional groups attached to an aromatic ring is 1. The molecule has 0 saturated carbocycles. The van der Waals surface area contributed by atoms with Gasteiger partial charge >= 0.3 is 0 Å². The topological polar surface area (TPSA) is 29.3 Å². The highest BCUT2D eigenvalue weighted by atomic mass is 19.1. The molecule has 0 saturated heterocycles. The van der Waals surface area contributed by atoms with Gasteiger partial charge in [0.1, 0.15) is 11.6 Å². The molecule has 0 amide bonds. The lowest BCUT2D eigenvalue weighted by Crippen LogP contribution is -2.23. The van der Waals surface area contributed by atoms with Crippen molar-refractivity contribution in [2.45, 2.75) is 13.0 Å². The van der Waals surface area contributed by atoms with E-state index < -0.39 is 0 Å². The van der Waals surface area contributed by atoms with Gasteiger partial charge in [0.15, 0.2) is 0 Å². The van der Waals surface area contributed by atoms with Gasteiger partial charge in [-0.2, -0.15) is 0 Å². The standard InChI is InChI=1S/C15H16F2N2/c1-10(12-5-3-4-6-13(12)17)19(2)15-9-11(16)7-8-14(15)18/h3-10H,18H2,1-2H3. The van der Waals surface area contributed by atoms with E-state index >= 15 is 0 Å². The van der Waals surface area contributed by atoms with Gasteiger partial charge in [0.2, 0.25) is 0 Å². The second kappa shape index (κ2) is 5.26. The molecule has 0 heterocycles. The van der Waals surface area contributed by atoms with Gasteiger partial charge in [-0.3, -0.25) is 0 Å². The van der Waals surface area contributed by atoms with E-state index in [0.29, 0.717) is 16.9 Å². The average molecular weight is 262 g/mol. The summed E-state index contributed by atoms with van der Waals surface area (Å²) in [5, 5.41) is 0. The van der Waals surface area contributed by atoms with Crippen LogP contribution in [-0.2, 0) is 0 Å². The van der Waals surface area contributed by atoms with Crippen LogP contribution in [0.5, 0.6) is 0 Å². The van der Waals surface area contributed by atoms with Crippen LogP contribution >= 0.6 is 0 Å². The molecular formula is C15H16F2N2. The van der Waals surface area contributed by atoms with Crippen LogP contribution < -0.4 is 10.6 Å². The van der Waals surface area contributed by atoms with Crippen LogP contribution in [0.4, 0.5) is 20.2 Å². The van der Waals surface area contributed by atoms with E-state index in [1.54, 1.807) is 30.1 Å². The smallest absolute Gasteiger partial charge is 0.128 e. The fourth-order valence-electron chi connectivity index (χ4n) is 2.05. The zero-order chi connectivity index (χ0) is 14.0. The molecule has 0 aliphatic heterocycles. The molecular weight excluding hydrogens is 246 g/mol. The number of hydrogen-bond donors (Lipinski definition) is 1. The molecule has 2 rings (SSSR count). The summed E-state index contributed by atoms with van der Waals surface area (Å²) in [4.78, 5) is 1.76. The fourth-order valence-corrected chi connectivity index (χ4v) is 2.05. The van der Waals surface area contributed by atoms with Crippen LogP contribution in [0.1, 0.15) is 18.5 Å². The summed E-state index contributed by atoms with van der Waals surface area (Å²) >= 11 is 0. The predicted octanol–water partition coefficient (Wildman–Crippen LogP) is 3.74. The van der Waals surface area contributed by atoms with Crippen LogP contribution in [0.2, 0.25) is 0 Å². The van der Waals surface area contributed by atoms with E-state index in [-0.39, 0.29) is 17.7 Å². The molecule has 0 spiro atoms. The minimum absolute atomic E-state index is 0.245. The van der Waals surface area contributed by atoms with Gasteiger partial charge in [-0.1, -0.05) is 18.2 Å². The van der Waals surface area contributed by atoms with Crippen molar-refractivity contribution >= 4 is 11.4 Å². The Labute approximate surface area is 111 Å². The molecule has 1 unspecified atom stereocenters. The SMILES string of the molecule is CC(c1ccccc1F)N(C)c1cc(F)ccc1N. The lowest BCUT2D eigenvalue weighted by molar-refractivity contribution is 0.584. The summed E-state index contributed by atoms with van der Waals surface area (Å²) in [5.74, 6) is -0.645. The highest BCUT2D eigenvalue weighted by Crippen LogP contribution is 2.31. The van der Waals surface area contributed by atoms with Gasteiger partial charge in [0.25, 0.3) is 0 Å². The van der Waals surface area contributed by atoms with Crippen molar-refractivity contribution in [2.75, 3.05) is 17.7 Å². The molecule has 0 radical (unpaired) electrons. The number of nitrogens with two attached hydrogens (primary N) is 1. The van der Waals surface area contributed by atoms with Gasteiger partial charge in [-0.25, -0.2) is 8.78 Å². The molecule has 4 heteroatoms. The maximum absolute atomic E-state index is 13.8. The number of nitrogens with zero attached hydrogens (tertiary/aromatic N) is 1. The zero-order valence-corrected chi connectivity index (χ0v) is 10.9. The monoisotopic (exact) mass is 262 g/mol. The fraction of sp³-hybridized carbons (Fsp3) is 0.200. The van der Waals surface area contributed by atoms with Gasteiger partial charge in [0, 0.05) is 12.6 Å². The highest BCUT2D eigenvalue weighted by molar-refractivity contribution is 5.67. The third kappa shape index (κ3) is 2.67. The Morgan fingerprint density at radius 3 is 2.47 bits per heavy atom. The van der Waals surface area contributed by atoms with Gasteiger partial charge in [-0.05, 0) is 31.2 Å². The maximum atomic E-state index is 13.8. The van der Waals surface area contributed by atoms with E-state index in [4.69, 9.17) is 5.73 Å². The lowest BCUT2D eigenvalue weighted by atomic mass is 10.1. The van der Waals surface area contributed by atoms with E-state index in [2.05, 4.69) is 0 Å². The molecule has 2 aromatic carbocycles. The van der Waals surface area contributed by atoms with Gasteiger partial charge in [-0.15, -0.1) is 0 Å². The average Bonchev–Trinajstić information content (AvgIpc) is 2.40. The molecule has 0 bridgehead atoms. The van der Waals surface area contributed by atoms with Crippen molar-refractivity contribution in [1.82, 2.24) is 0 Å². The number of anilines is 2. The van der Waals surface area contributed by atoms with Crippen LogP contribution in [0.25, 0.3) is 0 Å². The third-order valence-electron chi connectivity index (χ3n) is 3.31. The second-order valence-corrected chi connectivity index (χ2v) is 4.51. The Balaban J connectivity index is 2.36. The van der Waals surface area contributed by atoms with Gasteiger partial charge in [0.05, 0.1) is 17.4 Å². The molecule has 2 N–H and O–H groups in total. The van der Waals surface area contributed by atoms with Crippen molar-refractivity contribution in [1.29, 1.82) is 0 Å². The molecule has 0 aliphatic rings. The summed E-state index contributed by atoms with van der Waals surface area (Å²) in [6.45, 7) is 1.85. The summed E-state index contributed by atoms with van der Waals surface area (Å²) in [6.07, 6.45) is 0. The zero-order valence-electron chi connectivity index (χ0n) is 10.9. The van der Waals surface area contributed by atoms with Gasteiger partial charge < -0.3 is 10.6 Å². The summed E-state index contributed by atoms with van der Waals surface area (Å²) in [5.41, 5.74) is 7.41. The van der Waals surface area contributed by atoms with E-state index in [9.17, 15) is 8.78 Å². The Morgan fingerprint density at radius 2 is 1.79 bits per heavy atom. The summed E-state index contributed by atoms with van der Waals surface area (Å²) < 4.78 is 27.1. The van der Waals surface area contributed by atoms with Crippen LogP contribution in [-0.4, -0.2) is 7.05 Å². The number of benzene rings is 2. The van der Waals surface area contributed by atoms with Crippen molar-refractivity contribution < 1.29 is 8.78 Å². The molecule has 1 atom stereocenters. The van der Waals surface area contributed by atoms with E-state index in [1.807, 2.05) is 6.92 Å². The Kier molecular flexibility index (Phi) is 3.69. The van der Waals surface area contributed by atoms with E-state index in [1.165, 1.54) is 24.3 Å². The first kappa shape index (κ1) is 13.3. The Hall–Kier alpha value is -2.10. The Morgan fingerprint density at radius 1 is 1.11 bits per heavy atom. The van der Waals surface area contributed by atoms with Crippen molar-refractivity contribution in [2.24, 2.45) is 0 Å². The predicted molar refractivity (Wildman–Crippen MR) is 74.0 cm³/mol. The quantitative estimate of drug-likeness (QED) is 0.854. The normalized spacial score (nSPS) is 12.2. The molecule has 100 valence electrons. The first-order valence-corrected chi connectivity index (χ1v) is 6.03. The summed E-state index contributed by atoms with van der Waals surface area (Å²) in [6, 6.07) is 10.5. The van der Waals surface area contributed by atoms with Crippen molar-refractivity contribution in [3.8, 4) is 0 Å². The lowest BCUT2D eigenvalue weighted by Gasteiger charge is -2.28. The third-order valence-corrected chi connectivity index (χ3v) is 3.31. The number of rotatable bonds is 3. The number of hydrogen-bond acceptors (Lipinski definition) is 2. The molecule has 19 heavy (non-hydrogen) atoms. The van der Waals surface area contributed by atoms with Crippen LogP contribution in [0.15, 0.2) is 42.5 Å². The molecule has 2 aromatic rings. The molecule has 2 nitrogen and oxygen atoms in total. The van der Waals surface area contributed by atoms with Crippen LogP contribution in [0.3, 0.4) is 0 Å². The Bertz CT molecular complexity index is 584. The van der Waals surface area contributed by atoms with E-state index in [0.717, 1.165) is 0 Å². The minimum atomic E-state index is -0.364. The number of halogens is 2. The maximum Gasteiger partial charge on any atom is 0.128 e. The van der Waals surface area contributed by atoms with Crippen LogP contribution in [0, 0.1) is 11.6 Å². The van der Waals surface area contributed by atoms with Crippen molar-refractivity contribution in [3.63, 3.8) is 0 Å². The van der Waals surface area contributed by atoms with Crippen molar-refractivity contribution in [3.05, 3.63) is 59.7 Å². The molecule has 0 aromatic heterocycles. The largest absolute Gasteiger partial charge is 0.397 e. The summed E-state index contributed by atoms with van der Waals surface area (Å²) in [7, 11) is 1.77. The second-order valence-electron chi connectivity index (χ2n) is 4.51.